The fraction of sp³-hybridized carbons (Fsp3) is 0.222. The fourth-order valence-electron chi connectivity index (χ4n) is 1.07. The molecule has 5 heteroatoms. The average Bonchev–Trinajstić information content (AvgIpc) is 2.15. The van der Waals surface area contributed by atoms with Gasteiger partial charge in [0, 0.05) is 6.07 Å². The molecular weight excluding hydrogens is 182 g/mol. The van der Waals surface area contributed by atoms with E-state index in [1.54, 1.807) is 6.92 Å². The normalized spacial score (nSPS) is 12.1. The summed E-state index contributed by atoms with van der Waals surface area (Å²) in [6.45, 7) is 5.11. The standard InChI is InChI=1S/C9H11N3O2/c1-3-7(10)8-4-5-9(12(13)14)6(2)11-8/h3-5,7H,1,10H2,2H3. The summed E-state index contributed by atoms with van der Waals surface area (Å²) in [6.07, 6.45) is 1.54. The number of rotatable bonds is 3. The molecule has 0 fully saturated rings. The first-order valence-electron chi connectivity index (χ1n) is 4.06. The van der Waals surface area contributed by atoms with Crippen LogP contribution in [0.3, 0.4) is 0 Å². The average molecular weight is 193 g/mol. The van der Waals surface area contributed by atoms with Gasteiger partial charge in [0.15, 0.2) is 0 Å². The van der Waals surface area contributed by atoms with Gasteiger partial charge in [-0.1, -0.05) is 6.08 Å². The molecule has 0 amide bonds. The largest absolute Gasteiger partial charge is 0.319 e. The molecule has 5 nitrogen and oxygen atoms in total. The van der Waals surface area contributed by atoms with Crippen molar-refractivity contribution >= 4 is 5.69 Å². The summed E-state index contributed by atoms with van der Waals surface area (Å²) in [4.78, 5) is 14.0. The molecule has 0 aromatic carbocycles. The quantitative estimate of drug-likeness (QED) is 0.448. The molecule has 0 aliphatic rings. The SMILES string of the molecule is C=CC(N)c1ccc([N+](=O)[O-])c(C)n1. The highest BCUT2D eigenvalue weighted by molar-refractivity contribution is 5.36. The van der Waals surface area contributed by atoms with Crippen molar-refractivity contribution in [3.05, 3.63) is 46.3 Å². The molecule has 0 saturated carbocycles. The van der Waals surface area contributed by atoms with E-state index >= 15 is 0 Å². The third-order valence-electron chi connectivity index (χ3n) is 1.87. The monoisotopic (exact) mass is 193 g/mol. The zero-order valence-corrected chi connectivity index (χ0v) is 7.80. The predicted octanol–water partition coefficient (Wildman–Crippen LogP) is 1.48. The Morgan fingerprint density at radius 1 is 1.71 bits per heavy atom. The molecule has 1 rings (SSSR count). The summed E-state index contributed by atoms with van der Waals surface area (Å²) < 4.78 is 0. The highest BCUT2D eigenvalue weighted by Crippen LogP contribution is 2.18. The number of nitro groups is 1. The third-order valence-corrected chi connectivity index (χ3v) is 1.87. The van der Waals surface area contributed by atoms with Crippen molar-refractivity contribution in [1.82, 2.24) is 4.98 Å². The van der Waals surface area contributed by atoms with E-state index in [2.05, 4.69) is 11.6 Å². The molecule has 0 spiro atoms. The van der Waals surface area contributed by atoms with Crippen molar-refractivity contribution in [2.75, 3.05) is 0 Å². The smallest absolute Gasteiger partial charge is 0.290 e. The number of hydrogen-bond acceptors (Lipinski definition) is 4. The fourth-order valence-corrected chi connectivity index (χ4v) is 1.07. The summed E-state index contributed by atoms with van der Waals surface area (Å²) in [5.41, 5.74) is 6.60. The van der Waals surface area contributed by atoms with Crippen LogP contribution in [0, 0.1) is 17.0 Å². The summed E-state index contributed by atoms with van der Waals surface area (Å²) in [5.74, 6) is 0. The number of aryl methyl sites for hydroxylation is 1. The summed E-state index contributed by atoms with van der Waals surface area (Å²) >= 11 is 0. The van der Waals surface area contributed by atoms with Crippen LogP contribution >= 0.6 is 0 Å². The molecule has 74 valence electrons. The van der Waals surface area contributed by atoms with Crippen LogP contribution in [-0.4, -0.2) is 9.91 Å². The van der Waals surface area contributed by atoms with E-state index in [0.29, 0.717) is 11.4 Å². The first-order chi connectivity index (χ1) is 6.56. The van der Waals surface area contributed by atoms with Crippen molar-refractivity contribution in [3.8, 4) is 0 Å². The summed E-state index contributed by atoms with van der Waals surface area (Å²) in [5, 5.41) is 10.5. The highest BCUT2D eigenvalue weighted by Gasteiger charge is 2.13. The van der Waals surface area contributed by atoms with Crippen LogP contribution in [0.5, 0.6) is 0 Å². The van der Waals surface area contributed by atoms with Crippen LogP contribution in [0.2, 0.25) is 0 Å². The third kappa shape index (κ3) is 1.94. The number of nitrogens with zero attached hydrogens (tertiary/aromatic N) is 2. The minimum atomic E-state index is -0.467. The second kappa shape index (κ2) is 3.97. The molecule has 2 N–H and O–H groups in total. The number of nitrogens with two attached hydrogens (primary N) is 1. The van der Waals surface area contributed by atoms with Crippen molar-refractivity contribution in [2.24, 2.45) is 5.73 Å². The topological polar surface area (TPSA) is 82.0 Å². The minimum absolute atomic E-state index is 0.00464. The lowest BCUT2D eigenvalue weighted by Gasteiger charge is -2.05. The number of hydrogen-bond donors (Lipinski definition) is 1. The van der Waals surface area contributed by atoms with Crippen LogP contribution < -0.4 is 5.73 Å². The predicted molar refractivity (Wildman–Crippen MR) is 52.8 cm³/mol. The second-order valence-electron chi connectivity index (χ2n) is 2.86. The van der Waals surface area contributed by atoms with E-state index in [4.69, 9.17) is 5.73 Å². The van der Waals surface area contributed by atoms with Gasteiger partial charge in [-0.3, -0.25) is 10.1 Å². The van der Waals surface area contributed by atoms with E-state index in [-0.39, 0.29) is 11.7 Å². The molecule has 0 saturated heterocycles. The van der Waals surface area contributed by atoms with Gasteiger partial charge in [0.1, 0.15) is 5.69 Å². The Morgan fingerprint density at radius 3 is 2.79 bits per heavy atom. The summed E-state index contributed by atoms with van der Waals surface area (Å²) in [6, 6.07) is 2.56. The van der Waals surface area contributed by atoms with Crippen LogP contribution in [0.4, 0.5) is 5.69 Å². The lowest BCUT2D eigenvalue weighted by atomic mass is 10.2. The van der Waals surface area contributed by atoms with E-state index < -0.39 is 4.92 Å². The number of aromatic nitrogens is 1. The van der Waals surface area contributed by atoms with E-state index in [9.17, 15) is 10.1 Å². The maximum Gasteiger partial charge on any atom is 0.290 e. The first-order valence-corrected chi connectivity index (χ1v) is 4.06. The lowest BCUT2D eigenvalue weighted by molar-refractivity contribution is -0.385. The Labute approximate surface area is 81.4 Å². The minimum Gasteiger partial charge on any atom is -0.319 e. The molecule has 0 aliphatic carbocycles. The molecular formula is C9H11N3O2. The van der Waals surface area contributed by atoms with E-state index in [1.165, 1.54) is 18.2 Å². The molecule has 0 radical (unpaired) electrons. The van der Waals surface area contributed by atoms with Gasteiger partial charge in [0.2, 0.25) is 0 Å². The molecule has 1 unspecified atom stereocenters. The molecule has 14 heavy (non-hydrogen) atoms. The van der Waals surface area contributed by atoms with Crippen molar-refractivity contribution in [1.29, 1.82) is 0 Å². The van der Waals surface area contributed by atoms with Crippen LogP contribution in [0.15, 0.2) is 24.8 Å². The van der Waals surface area contributed by atoms with E-state index in [0.717, 1.165) is 0 Å². The van der Waals surface area contributed by atoms with Gasteiger partial charge < -0.3 is 5.73 Å². The maximum absolute atomic E-state index is 10.5. The first kappa shape index (κ1) is 10.3. The zero-order valence-electron chi connectivity index (χ0n) is 7.80. The van der Waals surface area contributed by atoms with Crippen molar-refractivity contribution in [2.45, 2.75) is 13.0 Å². The van der Waals surface area contributed by atoms with Gasteiger partial charge in [-0.25, -0.2) is 4.98 Å². The lowest BCUT2D eigenvalue weighted by Crippen LogP contribution is -2.09. The molecule has 0 aliphatic heterocycles. The van der Waals surface area contributed by atoms with Gasteiger partial charge in [-0.2, -0.15) is 0 Å². The van der Waals surface area contributed by atoms with E-state index in [1.807, 2.05) is 0 Å². The molecule has 1 aromatic heterocycles. The van der Waals surface area contributed by atoms with Crippen LogP contribution in [-0.2, 0) is 0 Å². The van der Waals surface area contributed by atoms with Gasteiger partial charge in [-0.15, -0.1) is 6.58 Å². The zero-order chi connectivity index (χ0) is 10.7. The van der Waals surface area contributed by atoms with Crippen LogP contribution in [0.1, 0.15) is 17.4 Å². The Bertz CT molecular complexity index is 376. The number of pyridine rings is 1. The Hall–Kier alpha value is -1.75. The van der Waals surface area contributed by atoms with Crippen molar-refractivity contribution < 1.29 is 4.92 Å². The second-order valence-corrected chi connectivity index (χ2v) is 2.86. The Balaban J connectivity index is 3.12. The van der Waals surface area contributed by atoms with Crippen LogP contribution in [0.25, 0.3) is 0 Å². The van der Waals surface area contributed by atoms with Crippen molar-refractivity contribution in [3.63, 3.8) is 0 Å². The Morgan fingerprint density at radius 2 is 2.36 bits per heavy atom. The molecule has 1 atom stereocenters. The highest BCUT2D eigenvalue weighted by atomic mass is 16.6. The van der Waals surface area contributed by atoms with Gasteiger partial charge in [0.25, 0.3) is 5.69 Å². The van der Waals surface area contributed by atoms with Gasteiger partial charge >= 0.3 is 0 Å². The molecule has 1 heterocycles. The van der Waals surface area contributed by atoms with Gasteiger partial charge in [0.05, 0.1) is 16.7 Å². The molecule has 1 aromatic rings. The Kier molecular flexibility index (Phi) is 2.93. The maximum atomic E-state index is 10.5. The molecule has 0 bridgehead atoms. The van der Waals surface area contributed by atoms with Gasteiger partial charge in [-0.05, 0) is 13.0 Å². The summed E-state index contributed by atoms with van der Waals surface area (Å²) in [7, 11) is 0.